The molecule has 1 N–H and O–H groups in total. The average Bonchev–Trinajstić information content (AvgIpc) is 2.16. The van der Waals surface area contributed by atoms with Crippen LogP contribution in [0.3, 0.4) is 0 Å². The highest BCUT2D eigenvalue weighted by molar-refractivity contribution is 5.78. The maximum Gasteiger partial charge on any atom is 0.237 e. The summed E-state index contributed by atoms with van der Waals surface area (Å²) >= 11 is 0. The van der Waals surface area contributed by atoms with E-state index < -0.39 is 0 Å². The molecule has 4 nitrogen and oxygen atoms in total. The smallest absolute Gasteiger partial charge is 0.237 e. The first-order chi connectivity index (χ1) is 7.90. The predicted molar refractivity (Wildman–Crippen MR) is 73.2 cm³/mol. The van der Waals surface area contributed by atoms with Gasteiger partial charge in [-0.25, -0.2) is 0 Å². The van der Waals surface area contributed by atoms with Crippen molar-refractivity contribution in [3.8, 4) is 0 Å². The van der Waals surface area contributed by atoms with E-state index in [-0.39, 0.29) is 18.0 Å². The summed E-state index contributed by atoms with van der Waals surface area (Å²) in [5.74, 6) is 0.224. The lowest BCUT2D eigenvalue weighted by molar-refractivity contribution is -0.135. The molecule has 4 heteroatoms. The Kier molecular flexibility index (Phi) is 8.17. The van der Waals surface area contributed by atoms with E-state index in [0.717, 1.165) is 19.5 Å². The molecule has 0 aliphatic rings. The minimum absolute atomic E-state index is 0.224. The SMILES string of the molecule is CNCCCN(C)CC(=O)N(C(C)C)C(C)C. The monoisotopic (exact) mass is 243 g/mol. The Morgan fingerprint density at radius 3 is 2.12 bits per heavy atom. The Labute approximate surface area is 106 Å². The third-order valence-electron chi connectivity index (χ3n) is 2.77. The highest BCUT2D eigenvalue weighted by Gasteiger charge is 2.20. The Balaban J connectivity index is 4.12. The zero-order valence-corrected chi connectivity index (χ0v) is 12.3. The molecule has 1 amide bonds. The fourth-order valence-electron chi connectivity index (χ4n) is 2.09. The molecule has 0 aliphatic heterocycles. The van der Waals surface area contributed by atoms with Crippen molar-refractivity contribution in [1.82, 2.24) is 15.1 Å². The first-order valence-electron chi connectivity index (χ1n) is 6.54. The largest absolute Gasteiger partial charge is 0.337 e. The number of hydrogen-bond donors (Lipinski definition) is 1. The van der Waals surface area contributed by atoms with Gasteiger partial charge < -0.3 is 10.2 Å². The van der Waals surface area contributed by atoms with Gasteiger partial charge in [0.25, 0.3) is 0 Å². The van der Waals surface area contributed by atoms with Crippen molar-refractivity contribution in [3.05, 3.63) is 0 Å². The van der Waals surface area contributed by atoms with Crippen molar-refractivity contribution in [2.24, 2.45) is 0 Å². The van der Waals surface area contributed by atoms with Crippen molar-refractivity contribution in [2.45, 2.75) is 46.2 Å². The van der Waals surface area contributed by atoms with Crippen LogP contribution in [0.1, 0.15) is 34.1 Å². The molecule has 0 aromatic carbocycles. The normalized spacial score (nSPS) is 11.6. The number of carbonyl (C=O) groups excluding carboxylic acids is 1. The third-order valence-corrected chi connectivity index (χ3v) is 2.77. The molecule has 0 atom stereocenters. The van der Waals surface area contributed by atoms with E-state index >= 15 is 0 Å². The first-order valence-corrected chi connectivity index (χ1v) is 6.54. The minimum atomic E-state index is 0.224. The molecule has 102 valence electrons. The summed E-state index contributed by atoms with van der Waals surface area (Å²) in [4.78, 5) is 16.2. The van der Waals surface area contributed by atoms with Crippen LogP contribution in [0.25, 0.3) is 0 Å². The summed E-state index contributed by atoms with van der Waals surface area (Å²) in [6, 6.07) is 0.543. The van der Waals surface area contributed by atoms with Gasteiger partial charge in [0.15, 0.2) is 0 Å². The molecule has 0 unspecified atom stereocenters. The summed E-state index contributed by atoms with van der Waals surface area (Å²) in [7, 11) is 3.96. The van der Waals surface area contributed by atoms with Gasteiger partial charge in [-0.05, 0) is 61.3 Å². The molecule has 0 aliphatic carbocycles. The Morgan fingerprint density at radius 2 is 1.71 bits per heavy atom. The van der Waals surface area contributed by atoms with Gasteiger partial charge >= 0.3 is 0 Å². The third kappa shape index (κ3) is 6.64. The molecule has 0 bridgehead atoms. The Bertz CT molecular complexity index is 209. The van der Waals surface area contributed by atoms with Gasteiger partial charge in [0.05, 0.1) is 6.54 Å². The van der Waals surface area contributed by atoms with Crippen molar-refractivity contribution >= 4 is 5.91 Å². The zero-order chi connectivity index (χ0) is 13.4. The second kappa shape index (κ2) is 8.48. The quantitative estimate of drug-likeness (QED) is 0.650. The lowest BCUT2D eigenvalue weighted by atomic mass is 10.2. The van der Waals surface area contributed by atoms with Crippen molar-refractivity contribution < 1.29 is 4.79 Å². The number of nitrogens with zero attached hydrogens (tertiary/aromatic N) is 2. The van der Waals surface area contributed by atoms with Gasteiger partial charge in [-0.2, -0.15) is 0 Å². The maximum atomic E-state index is 12.1. The van der Waals surface area contributed by atoms with E-state index in [0.29, 0.717) is 6.54 Å². The van der Waals surface area contributed by atoms with Crippen molar-refractivity contribution in [1.29, 1.82) is 0 Å². The van der Waals surface area contributed by atoms with Gasteiger partial charge in [0.2, 0.25) is 5.91 Å². The highest BCUT2D eigenvalue weighted by atomic mass is 16.2. The molecule has 17 heavy (non-hydrogen) atoms. The fraction of sp³-hybridized carbons (Fsp3) is 0.923. The second-order valence-electron chi connectivity index (χ2n) is 5.18. The average molecular weight is 243 g/mol. The summed E-state index contributed by atoms with van der Waals surface area (Å²) in [5, 5.41) is 3.11. The van der Waals surface area contributed by atoms with Crippen LogP contribution in [0.2, 0.25) is 0 Å². The molecule has 0 spiro atoms. The van der Waals surface area contributed by atoms with Crippen LogP contribution >= 0.6 is 0 Å². The van der Waals surface area contributed by atoms with Gasteiger partial charge in [0.1, 0.15) is 0 Å². The number of likely N-dealkylation sites (N-methyl/N-ethyl adjacent to an activating group) is 1. The minimum Gasteiger partial charge on any atom is -0.337 e. The molecule has 0 aromatic rings. The summed E-state index contributed by atoms with van der Waals surface area (Å²) in [6.07, 6.45) is 1.07. The molecule has 0 saturated heterocycles. The van der Waals surface area contributed by atoms with Crippen LogP contribution in [0.4, 0.5) is 0 Å². The highest BCUT2D eigenvalue weighted by Crippen LogP contribution is 2.06. The van der Waals surface area contributed by atoms with Crippen molar-refractivity contribution in [3.63, 3.8) is 0 Å². The molecule has 0 fully saturated rings. The van der Waals surface area contributed by atoms with Crippen LogP contribution in [0.5, 0.6) is 0 Å². The van der Waals surface area contributed by atoms with Crippen LogP contribution in [-0.4, -0.2) is 61.5 Å². The summed E-state index contributed by atoms with van der Waals surface area (Å²) < 4.78 is 0. The van der Waals surface area contributed by atoms with Crippen LogP contribution < -0.4 is 5.32 Å². The molecular formula is C13H29N3O. The molecule has 0 aromatic heterocycles. The predicted octanol–water partition coefficient (Wildman–Crippen LogP) is 1.17. The second-order valence-corrected chi connectivity index (χ2v) is 5.18. The number of hydrogen-bond acceptors (Lipinski definition) is 3. The van der Waals surface area contributed by atoms with Gasteiger partial charge in [-0.1, -0.05) is 0 Å². The number of carbonyl (C=O) groups is 1. The van der Waals surface area contributed by atoms with Crippen LogP contribution in [0.15, 0.2) is 0 Å². The number of amides is 1. The zero-order valence-electron chi connectivity index (χ0n) is 12.3. The van der Waals surface area contributed by atoms with Crippen molar-refractivity contribution in [2.75, 3.05) is 33.7 Å². The standard InChI is InChI=1S/C13H29N3O/c1-11(2)16(12(3)4)13(17)10-15(6)9-7-8-14-5/h11-12,14H,7-10H2,1-6H3. The van der Waals surface area contributed by atoms with Crippen LogP contribution in [-0.2, 0) is 4.79 Å². The number of nitrogens with one attached hydrogen (secondary N) is 1. The van der Waals surface area contributed by atoms with E-state index in [4.69, 9.17) is 0 Å². The molecule has 0 saturated carbocycles. The van der Waals surface area contributed by atoms with Gasteiger partial charge in [0, 0.05) is 12.1 Å². The lowest BCUT2D eigenvalue weighted by Crippen LogP contribution is -2.46. The molecular weight excluding hydrogens is 214 g/mol. The van der Waals surface area contributed by atoms with Crippen LogP contribution in [0, 0.1) is 0 Å². The van der Waals surface area contributed by atoms with E-state index in [9.17, 15) is 4.79 Å². The molecule has 0 radical (unpaired) electrons. The topological polar surface area (TPSA) is 35.6 Å². The molecule has 0 rings (SSSR count). The van der Waals surface area contributed by atoms with E-state index in [2.05, 4.69) is 37.9 Å². The van der Waals surface area contributed by atoms with E-state index in [1.165, 1.54) is 0 Å². The summed E-state index contributed by atoms with van der Waals surface area (Å²) in [5.41, 5.74) is 0. The first kappa shape index (κ1) is 16.4. The van der Waals surface area contributed by atoms with E-state index in [1.54, 1.807) is 0 Å². The number of rotatable bonds is 8. The summed E-state index contributed by atoms with van der Waals surface area (Å²) in [6.45, 7) is 10.7. The fourth-order valence-corrected chi connectivity index (χ4v) is 2.09. The molecule has 0 heterocycles. The van der Waals surface area contributed by atoms with Gasteiger partial charge in [-0.15, -0.1) is 0 Å². The maximum absolute atomic E-state index is 12.1. The lowest BCUT2D eigenvalue weighted by Gasteiger charge is -2.32. The van der Waals surface area contributed by atoms with Gasteiger partial charge in [-0.3, -0.25) is 9.69 Å². The Hall–Kier alpha value is -0.610. The van der Waals surface area contributed by atoms with E-state index in [1.807, 2.05) is 19.0 Å². The Morgan fingerprint density at radius 1 is 1.18 bits per heavy atom.